The summed E-state index contributed by atoms with van der Waals surface area (Å²) in [5.74, 6) is 0.589. The number of rotatable bonds is 4. The largest absolute Gasteiger partial charge is 0.401 e. The fraction of sp³-hybridized carbons (Fsp3) is 0.818. The van der Waals surface area contributed by atoms with Crippen LogP contribution in [0, 0.1) is 5.92 Å². The van der Waals surface area contributed by atoms with Gasteiger partial charge in [-0.15, -0.1) is 0 Å². The highest BCUT2D eigenvalue weighted by Gasteiger charge is 2.25. The van der Waals surface area contributed by atoms with Crippen LogP contribution in [0.4, 0.5) is 13.2 Å². The molecule has 1 fully saturated rings. The molecule has 1 N–H and O–H groups in total. The van der Waals surface area contributed by atoms with Crippen molar-refractivity contribution in [1.82, 2.24) is 5.32 Å². The lowest BCUT2D eigenvalue weighted by atomic mass is 9.89. The summed E-state index contributed by atoms with van der Waals surface area (Å²) in [7, 11) is 0. The topological polar surface area (TPSA) is 12.0 Å². The molecule has 1 aliphatic rings. The molecular formula is C11H18F3N. The van der Waals surface area contributed by atoms with Gasteiger partial charge in [0.1, 0.15) is 0 Å². The molecule has 0 saturated heterocycles. The van der Waals surface area contributed by atoms with Crippen LogP contribution in [0.25, 0.3) is 0 Å². The number of hydrogen-bond acceptors (Lipinski definition) is 1. The van der Waals surface area contributed by atoms with E-state index in [1.165, 1.54) is 32.1 Å². The van der Waals surface area contributed by atoms with Crippen LogP contribution in [0.2, 0.25) is 0 Å². The van der Waals surface area contributed by atoms with Gasteiger partial charge < -0.3 is 5.32 Å². The highest BCUT2D eigenvalue weighted by Crippen LogP contribution is 2.24. The Morgan fingerprint density at radius 1 is 1.13 bits per heavy atom. The Morgan fingerprint density at radius 3 is 2.40 bits per heavy atom. The zero-order valence-corrected chi connectivity index (χ0v) is 8.82. The normalized spacial score (nSPS) is 19.9. The number of alkyl halides is 3. The van der Waals surface area contributed by atoms with E-state index in [9.17, 15) is 13.2 Å². The Bertz CT molecular complexity index is 192. The molecule has 15 heavy (non-hydrogen) atoms. The fourth-order valence-corrected chi connectivity index (χ4v) is 1.88. The molecule has 0 radical (unpaired) electrons. The van der Waals surface area contributed by atoms with Crippen LogP contribution in [-0.2, 0) is 0 Å². The van der Waals surface area contributed by atoms with Crippen molar-refractivity contribution in [3.05, 3.63) is 12.2 Å². The van der Waals surface area contributed by atoms with Crippen molar-refractivity contribution < 1.29 is 13.2 Å². The smallest absolute Gasteiger partial charge is 0.305 e. The second kappa shape index (κ2) is 6.16. The summed E-state index contributed by atoms with van der Waals surface area (Å²) in [5, 5.41) is 2.35. The van der Waals surface area contributed by atoms with Gasteiger partial charge in [-0.05, 0) is 18.8 Å². The average Bonchev–Trinajstić information content (AvgIpc) is 2.17. The maximum atomic E-state index is 11.8. The van der Waals surface area contributed by atoms with E-state index in [1.807, 2.05) is 6.08 Å². The lowest BCUT2D eigenvalue weighted by Crippen LogP contribution is -2.28. The molecule has 0 heterocycles. The SMILES string of the molecule is FC(F)(F)CNC/C=C/C1CCCCC1. The summed E-state index contributed by atoms with van der Waals surface area (Å²) in [4.78, 5) is 0. The van der Waals surface area contributed by atoms with Crippen molar-refractivity contribution in [1.29, 1.82) is 0 Å². The second-order valence-corrected chi connectivity index (χ2v) is 4.07. The molecule has 1 aliphatic carbocycles. The molecule has 0 aromatic carbocycles. The maximum Gasteiger partial charge on any atom is 0.401 e. The van der Waals surface area contributed by atoms with Gasteiger partial charge in [0.05, 0.1) is 6.54 Å². The van der Waals surface area contributed by atoms with E-state index in [2.05, 4.69) is 11.4 Å². The Morgan fingerprint density at radius 2 is 1.80 bits per heavy atom. The molecule has 0 unspecified atom stereocenters. The van der Waals surface area contributed by atoms with Crippen molar-refractivity contribution >= 4 is 0 Å². The number of nitrogens with one attached hydrogen (secondary N) is 1. The van der Waals surface area contributed by atoms with E-state index in [1.54, 1.807) is 0 Å². The van der Waals surface area contributed by atoms with Crippen molar-refractivity contribution in [3.63, 3.8) is 0 Å². The summed E-state index contributed by atoms with van der Waals surface area (Å²) in [6.07, 6.45) is 5.97. The summed E-state index contributed by atoms with van der Waals surface area (Å²) in [6.45, 7) is -0.585. The Hall–Kier alpha value is -0.510. The summed E-state index contributed by atoms with van der Waals surface area (Å²) >= 11 is 0. The van der Waals surface area contributed by atoms with E-state index >= 15 is 0 Å². The minimum Gasteiger partial charge on any atom is -0.305 e. The van der Waals surface area contributed by atoms with Crippen LogP contribution in [0.1, 0.15) is 32.1 Å². The highest BCUT2D eigenvalue weighted by molar-refractivity contribution is 4.91. The zero-order valence-electron chi connectivity index (χ0n) is 8.82. The second-order valence-electron chi connectivity index (χ2n) is 4.07. The summed E-state index contributed by atoms with van der Waals surface area (Å²) in [5.41, 5.74) is 0. The van der Waals surface area contributed by atoms with Gasteiger partial charge in [-0.25, -0.2) is 0 Å². The first-order valence-corrected chi connectivity index (χ1v) is 5.52. The Labute approximate surface area is 88.7 Å². The van der Waals surface area contributed by atoms with E-state index < -0.39 is 12.7 Å². The first-order chi connectivity index (χ1) is 7.08. The minimum absolute atomic E-state index is 0.315. The predicted molar refractivity (Wildman–Crippen MR) is 54.6 cm³/mol. The Balaban J connectivity index is 2.05. The number of halogens is 3. The van der Waals surface area contributed by atoms with Crippen LogP contribution in [0.15, 0.2) is 12.2 Å². The quantitative estimate of drug-likeness (QED) is 0.567. The molecule has 0 bridgehead atoms. The lowest BCUT2D eigenvalue weighted by Gasteiger charge is -2.17. The number of allylic oxidation sites excluding steroid dienone is 1. The third-order valence-electron chi connectivity index (χ3n) is 2.65. The standard InChI is InChI=1S/C11H18F3N/c12-11(13,14)9-15-8-4-7-10-5-2-1-3-6-10/h4,7,10,15H,1-3,5-6,8-9H2/b7-4+. The van der Waals surface area contributed by atoms with Gasteiger partial charge >= 0.3 is 6.18 Å². The van der Waals surface area contributed by atoms with Gasteiger partial charge in [-0.3, -0.25) is 0 Å². The van der Waals surface area contributed by atoms with Gasteiger partial charge in [0.15, 0.2) is 0 Å². The lowest BCUT2D eigenvalue weighted by molar-refractivity contribution is -0.124. The molecule has 0 atom stereocenters. The fourth-order valence-electron chi connectivity index (χ4n) is 1.88. The average molecular weight is 221 g/mol. The highest BCUT2D eigenvalue weighted by atomic mass is 19.4. The first-order valence-electron chi connectivity index (χ1n) is 5.52. The molecule has 0 aromatic heterocycles. The van der Waals surface area contributed by atoms with E-state index in [0.29, 0.717) is 12.5 Å². The van der Waals surface area contributed by atoms with Crippen LogP contribution in [-0.4, -0.2) is 19.3 Å². The molecule has 1 rings (SSSR count). The molecule has 0 spiro atoms. The van der Waals surface area contributed by atoms with E-state index in [0.717, 1.165) is 0 Å². The summed E-state index contributed by atoms with van der Waals surface area (Å²) < 4.78 is 35.3. The van der Waals surface area contributed by atoms with Gasteiger partial charge in [-0.2, -0.15) is 13.2 Å². The van der Waals surface area contributed by atoms with Crippen LogP contribution in [0.5, 0.6) is 0 Å². The third kappa shape index (κ3) is 6.55. The van der Waals surface area contributed by atoms with Gasteiger partial charge in [0.2, 0.25) is 0 Å². The molecule has 4 heteroatoms. The molecule has 1 nitrogen and oxygen atoms in total. The third-order valence-corrected chi connectivity index (χ3v) is 2.65. The first kappa shape index (κ1) is 12.6. The molecule has 1 saturated carbocycles. The van der Waals surface area contributed by atoms with E-state index in [4.69, 9.17) is 0 Å². The zero-order chi connectivity index (χ0) is 11.1. The van der Waals surface area contributed by atoms with Crippen LogP contribution >= 0.6 is 0 Å². The van der Waals surface area contributed by atoms with Crippen molar-refractivity contribution in [2.24, 2.45) is 5.92 Å². The van der Waals surface area contributed by atoms with Gasteiger partial charge in [-0.1, -0.05) is 31.4 Å². The minimum atomic E-state index is -4.10. The summed E-state index contributed by atoms with van der Waals surface area (Å²) in [6, 6.07) is 0. The molecule has 88 valence electrons. The van der Waals surface area contributed by atoms with Gasteiger partial charge in [0.25, 0.3) is 0 Å². The van der Waals surface area contributed by atoms with E-state index in [-0.39, 0.29) is 0 Å². The van der Waals surface area contributed by atoms with Crippen molar-refractivity contribution in [2.75, 3.05) is 13.1 Å². The maximum absolute atomic E-state index is 11.8. The predicted octanol–water partition coefficient (Wildman–Crippen LogP) is 3.27. The molecule has 0 amide bonds. The molecule has 0 aromatic rings. The monoisotopic (exact) mass is 221 g/mol. The van der Waals surface area contributed by atoms with Crippen molar-refractivity contribution in [3.8, 4) is 0 Å². The van der Waals surface area contributed by atoms with Crippen LogP contribution < -0.4 is 5.32 Å². The van der Waals surface area contributed by atoms with Crippen molar-refractivity contribution in [2.45, 2.75) is 38.3 Å². The molecule has 0 aliphatic heterocycles. The number of hydrogen-bond donors (Lipinski definition) is 1. The van der Waals surface area contributed by atoms with Gasteiger partial charge in [0, 0.05) is 6.54 Å². The Kier molecular flexibility index (Phi) is 5.15. The van der Waals surface area contributed by atoms with Crippen LogP contribution in [0.3, 0.4) is 0 Å². The molecular weight excluding hydrogens is 203 g/mol.